The Bertz CT molecular complexity index is 1070. The van der Waals surface area contributed by atoms with Gasteiger partial charge in [-0.25, -0.2) is 23.5 Å². The first kappa shape index (κ1) is 18.3. The zero-order valence-electron chi connectivity index (χ0n) is 15.1. The van der Waals surface area contributed by atoms with Crippen LogP contribution in [0.15, 0.2) is 60.9 Å². The molecule has 2 aromatic carbocycles. The first-order chi connectivity index (χ1) is 13.5. The lowest BCUT2D eigenvalue weighted by Gasteiger charge is -2.41. The van der Waals surface area contributed by atoms with Crippen molar-refractivity contribution >= 4 is 27.6 Å². The van der Waals surface area contributed by atoms with E-state index in [9.17, 15) is 8.42 Å². The lowest BCUT2D eigenvalue weighted by atomic mass is 9.95. The average Bonchev–Trinajstić information content (AvgIpc) is 2.61. The van der Waals surface area contributed by atoms with Crippen LogP contribution < -0.4 is 15.4 Å². The van der Waals surface area contributed by atoms with E-state index >= 15 is 0 Å². The fourth-order valence-electron chi connectivity index (χ4n) is 3.24. The fourth-order valence-corrected chi connectivity index (χ4v) is 3.88. The number of nitrogens with two attached hydrogens (primary N) is 1. The maximum Gasteiger partial charge on any atom is 0.231 e. The SMILES string of the molecule is NS(=O)(=O)Cc1cccc(Nc2ncnc(N3CCC3c3ccccc3)n2)c1. The van der Waals surface area contributed by atoms with E-state index < -0.39 is 10.0 Å². The van der Waals surface area contributed by atoms with Gasteiger partial charge in [-0.15, -0.1) is 0 Å². The summed E-state index contributed by atoms with van der Waals surface area (Å²) in [5, 5.41) is 8.22. The van der Waals surface area contributed by atoms with Gasteiger partial charge in [-0.1, -0.05) is 42.5 Å². The summed E-state index contributed by atoms with van der Waals surface area (Å²) in [6.07, 6.45) is 2.52. The van der Waals surface area contributed by atoms with E-state index in [1.807, 2.05) is 24.3 Å². The second-order valence-corrected chi connectivity index (χ2v) is 8.26. The summed E-state index contributed by atoms with van der Waals surface area (Å²) in [5.41, 5.74) is 2.51. The minimum absolute atomic E-state index is 0.225. The summed E-state index contributed by atoms with van der Waals surface area (Å²) in [6, 6.07) is 17.5. The number of primary sulfonamides is 1. The minimum Gasteiger partial charge on any atom is -0.333 e. The van der Waals surface area contributed by atoms with Crippen LogP contribution in [0.5, 0.6) is 0 Å². The van der Waals surface area contributed by atoms with Crippen molar-refractivity contribution in [2.75, 3.05) is 16.8 Å². The van der Waals surface area contributed by atoms with Gasteiger partial charge >= 0.3 is 0 Å². The van der Waals surface area contributed by atoms with Crippen LogP contribution in [-0.2, 0) is 15.8 Å². The second-order valence-electron chi connectivity index (χ2n) is 6.65. The van der Waals surface area contributed by atoms with Crippen LogP contribution in [0.3, 0.4) is 0 Å². The Balaban J connectivity index is 1.51. The predicted molar refractivity (Wildman–Crippen MR) is 108 cm³/mol. The highest BCUT2D eigenvalue weighted by molar-refractivity contribution is 7.88. The molecule has 3 N–H and O–H groups in total. The number of nitrogens with zero attached hydrogens (tertiary/aromatic N) is 4. The van der Waals surface area contributed by atoms with Gasteiger partial charge in [0, 0.05) is 12.2 Å². The molecule has 1 aliphatic heterocycles. The molecule has 4 rings (SSSR count). The molecule has 0 spiro atoms. The maximum absolute atomic E-state index is 11.3. The topological polar surface area (TPSA) is 114 Å². The van der Waals surface area contributed by atoms with E-state index in [0.717, 1.165) is 13.0 Å². The number of benzene rings is 2. The molecule has 0 saturated carbocycles. The van der Waals surface area contributed by atoms with Crippen molar-refractivity contribution in [2.45, 2.75) is 18.2 Å². The van der Waals surface area contributed by atoms with Crippen molar-refractivity contribution in [3.05, 3.63) is 72.1 Å². The van der Waals surface area contributed by atoms with Gasteiger partial charge in [0.1, 0.15) is 6.33 Å². The molecule has 144 valence electrons. The molecular weight excluding hydrogens is 376 g/mol. The van der Waals surface area contributed by atoms with Gasteiger partial charge in [-0.3, -0.25) is 0 Å². The molecule has 1 atom stereocenters. The molecule has 8 nitrogen and oxygen atoms in total. The Kier molecular flexibility index (Phi) is 4.93. The van der Waals surface area contributed by atoms with E-state index in [4.69, 9.17) is 5.14 Å². The molecule has 3 aromatic rings. The normalized spacial score (nSPS) is 16.5. The van der Waals surface area contributed by atoms with Gasteiger partial charge in [0.25, 0.3) is 0 Å². The summed E-state index contributed by atoms with van der Waals surface area (Å²) < 4.78 is 22.6. The van der Waals surface area contributed by atoms with E-state index in [2.05, 4.69) is 37.3 Å². The van der Waals surface area contributed by atoms with Crippen LogP contribution in [0.4, 0.5) is 17.6 Å². The number of sulfonamides is 1. The molecule has 1 aromatic heterocycles. The van der Waals surface area contributed by atoms with Crippen LogP contribution >= 0.6 is 0 Å². The zero-order valence-corrected chi connectivity index (χ0v) is 15.9. The number of anilines is 3. The highest BCUT2D eigenvalue weighted by atomic mass is 32.2. The van der Waals surface area contributed by atoms with E-state index in [1.54, 1.807) is 18.2 Å². The summed E-state index contributed by atoms with van der Waals surface area (Å²) in [7, 11) is -3.59. The van der Waals surface area contributed by atoms with Crippen molar-refractivity contribution in [3.63, 3.8) is 0 Å². The van der Waals surface area contributed by atoms with E-state index in [-0.39, 0.29) is 11.8 Å². The third-order valence-corrected chi connectivity index (χ3v) is 5.31. The Labute approximate surface area is 163 Å². The third-order valence-electron chi connectivity index (χ3n) is 4.57. The Morgan fingerprint density at radius 2 is 1.93 bits per heavy atom. The first-order valence-electron chi connectivity index (χ1n) is 8.85. The predicted octanol–water partition coefficient (Wildman–Crippen LogP) is 2.36. The maximum atomic E-state index is 11.3. The van der Waals surface area contributed by atoms with E-state index in [0.29, 0.717) is 23.1 Å². The number of nitrogens with one attached hydrogen (secondary N) is 1. The van der Waals surface area contributed by atoms with Gasteiger partial charge in [-0.2, -0.15) is 4.98 Å². The first-order valence-corrected chi connectivity index (χ1v) is 10.6. The standard InChI is InChI=1S/C19H20N6O2S/c20-28(26,27)12-14-5-4-8-16(11-14)23-18-21-13-22-19(24-18)25-10-9-17(25)15-6-2-1-3-7-15/h1-8,11,13,17H,9-10,12H2,(H2,20,26,27)(H,21,22,23,24). The molecule has 0 radical (unpaired) electrons. The second kappa shape index (κ2) is 7.53. The zero-order chi connectivity index (χ0) is 19.6. The van der Waals surface area contributed by atoms with Crippen LogP contribution in [0.2, 0.25) is 0 Å². The Morgan fingerprint density at radius 1 is 1.11 bits per heavy atom. The molecule has 2 heterocycles. The van der Waals surface area contributed by atoms with Crippen molar-refractivity contribution in [1.29, 1.82) is 0 Å². The summed E-state index contributed by atoms with van der Waals surface area (Å²) in [5.74, 6) is 0.784. The summed E-state index contributed by atoms with van der Waals surface area (Å²) in [6.45, 7) is 0.882. The molecule has 1 aliphatic rings. The van der Waals surface area contributed by atoms with Gasteiger partial charge in [0.15, 0.2) is 0 Å². The lowest BCUT2D eigenvalue weighted by molar-refractivity contribution is 0.455. The average molecular weight is 396 g/mol. The molecule has 1 fully saturated rings. The molecule has 28 heavy (non-hydrogen) atoms. The molecule has 1 saturated heterocycles. The summed E-state index contributed by atoms with van der Waals surface area (Å²) in [4.78, 5) is 15.1. The summed E-state index contributed by atoms with van der Waals surface area (Å²) >= 11 is 0. The molecule has 1 unspecified atom stereocenters. The molecule has 0 bridgehead atoms. The van der Waals surface area contributed by atoms with Crippen molar-refractivity contribution in [1.82, 2.24) is 15.0 Å². The third kappa shape index (κ3) is 4.26. The monoisotopic (exact) mass is 396 g/mol. The van der Waals surface area contributed by atoms with Gasteiger partial charge < -0.3 is 10.2 Å². The fraction of sp³-hybridized carbons (Fsp3) is 0.211. The number of hydrogen-bond donors (Lipinski definition) is 2. The number of hydrogen-bond acceptors (Lipinski definition) is 7. The smallest absolute Gasteiger partial charge is 0.231 e. The van der Waals surface area contributed by atoms with Crippen LogP contribution in [-0.4, -0.2) is 29.9 Å². The molecule has 0 amide bonds. The quantitative estimate of drug-likeness (QED) is 0.657. The molecular formula is C19H20N6O2S. The van der Waals surface area contributed by atoms with E-state index in [1.165, 1.54) is 11.9 Å². The minimum atomic E-state index is -3.59. The largest absolute Gasteiger partial charge is 0.333 e. The van der Waals surface area contributed by atoms with Gasteiger partial charge in [-0.05, 0) is 29.7 Å². The highest BCUT2D eigenvalue weighted by Gasteiger charge is 2.31. The lowest BCUT2D eigenvalue weighted by Crippen LogP contribution is -2.42. The Morgan fingerprint density at radius 3 is 2.64 bits per heavy atom. The van der Waals surface area contributed by atoms with Crippen molar-refractivity contribution in [3.8, 4) is 0 Å². The molecule has 9 heteroatoms. The Hall–Kier alpha value is -3.04. The van der Waals surface area contributed by atoms with Crippen molar-refractivity contribution < 1.29 is 8.42 Å². The highest BCUT2D eigenvalue weighted by Crippen LogP contribution is 2.35. The van der Waals surface area contributed by atoms with Crippen LogP contribution in [0.1, 0.15) is 23.6 Å². The van der Waals surface area contributed by atoms with Crippen LogP contribution in [0.25, 0.3) is 0 Å². The van der Waals surface area contributed by atoms with Gasteiger partial charge in [0.05, 0.1) is 11.8 Å². The molecule has 0 aliphatic carbocycles. The van der Waals surface area contributed by atoms with Crippen LogP contribution in [0, 0.1) is 0 Å². The number of aromatic nitrogens is 3. The number of rotatable bonds is 6. The van der Waals surface area contributed by atoms with Crippen molar-refractivity contribution in [2.24, 2.45) is 5.14 Å². The van der Waals surface area contributed by atoms with Gasteiger partial charge in [0.2, 0.25) is 21.9 Å².